The first-order valence-corrected chi connectivity index (χ1v) is 8.99. The molecule has 0 aliphatic heterocycles. The predicted molar refractivity (Wildman–Crippen MR) is 104 cm³/mol. The highest BCUT2D eigenvalue weighted by Gasteiger charge is 2.20. The topological polar surface area (TPSA) is 38.7 Å². The lowest BCUT2D eigenvalue weighted by atomic mass is 9.96. The van der Waals surface area contributed by atoms with Gasteiger partial charge in [0, 0.05) is 0 Å². The molecule has 4 rings (SSSR count). The summed E-state index contributed by atoms with van der Waals surface area (Å²) in [6, 6.07) is 23.4. The molecule has 132 valence electrons. The third-order valence-corrected chi connectivity index (χ3v) is 4.75. The lowest BCUT2D eigenvalue weighted by Crippen LogP contribution is -2.09. The summed E-state index contributed by atoms with van der Waals surface area (Å²) < 4.78 is 10.9. The first-order valence-electron chi connectivity index (χ1n) is 8.99. The fourth-order valence-corrected chi connectivity index (χ4v) is 3.54. The second-order valence-corrected chi connectivity index (χ2v) is 6.37. The van der Waals surface area contributed by atoms with Gasteiger partial charge < -0.3 is 14.6 Å². The van der Waals surface area contributed by atoms with Crippen molar-refractivity contribution in [3.63, 3.8) is 0 Å². The van der Waals surface area contributed by atoms with E-state index < -0.39 is 0 Å². The van der Waals surface area contributed by atoms with Gasteiger partial charge in [-0.3, -0.25) is 0 Å². The van der Waals surface area contributed by atoms with Crippen LogP contribution in [0.4, 0.5) is 0 Å². The summed E-state index contributed by atoms with van der Waals surface area (Å²) in [5, 5.41) is 8.68. The number of rotatable bonds is 7. The number of aliphatic hydroxyl groups excluding tert-OH is 1. The van der Waals surface area contributed by atoms with Crippen LogP contribution >= 0.6 is 0 Å². The molecule has 0 bridgehead atoms. The quantitative estimate of drug-likeness (QED) is 0.507. The molecule has 3 aromatic carbocycles. The number of benzene rings is 3. The van der Waals surface area contributed by atoms with E-state index in [1.54, 1.807) is 0 Å². The molecule has 3 heteroatoms. The highest BCUT2D eigenvalue weighted by Crippen LogP contribution is 2.41. The van der Waals surface area contributed by atoms with Crippen LogP contribution in [0.3, 0.4) is 0 Å². The molecule has 1 N–H and O–H groups in total. The molecule has 1 aliphatic rings. The molecule has 0 spiro atoms. The van der Waals surface area contributed by atoms with Crippen LogP contribution in [0.25, 0.3) is 22.3 Å². The monoisotopic (exact) mass is 346 g/mol. The molecule has 3 nitrogen and oxygen atoms in total. The van der Waals surface area contributed by atoms with Gasteiger partial charge in [-0.1, -0.05) is 54.6 Å². The van der Waals surface area contributed by atoms with E-state index in [0.717, 1.165) is 12.2 Å². The van der Waals surface area contributed by atoms with E-state index in [0.29, 0.717) is 19.8 Å². The summed E-state index contributed by atoms with van der Waals surface area (Å²) in [7, 11) is 0. The van der Waals surface area contributed by atoms with Crippen molar-refractivity contribution in [1.29, 1.82) is 0 Å². The minimum absolute atomic E-state index is 0.0416. The third kappa shape index (κ3) is 3.36. The predicted octanol–water partition coefficient (Wildman–Crippen LogP) is 4.31. The minimum atomic E-state index is 0.0416. The van der Waals surface area contributed by atoms with Gasteiger partial charge in [0.05, 0.1) is 19.8 Å². The Morgan fingerprint density at radius 2 is 1.50 bits per heavy atom. The summed E-state index contributed by atoms with van der Waals surface area (Å²) in [6.45, 7) is 1.35. The van der Waals surface area contributed by atoms with Gasteiger partial charge in [-0.15, -0.1) is 0 Å². The van der Waals surface area contributed by atoms with E-state index in [1.807, 2.05) is 12.1 Å². The van der Waals surface area contributed by atoms with Crippen LogP contribution in [-0.2, 0) is 11.2 Å². The van der Waals surface area contributed by atoms with E-state index >= 15 is 0 Å². The second-order valence-electron chi connectivity index (χ2n) is 6.37. The highest BCUT2D eigenvalue weighted by atomic mass is 16.5. The van der Waals surface area contributed by atoms with Crippen molar-refractivity contribution in [3.05, 3.63) is 77.9 Å². The van der Waals surface area contributed by atoms with Crippen LogP contribution in [0.15, 0.2) is 66.7 Å². The fraction of sp³-hybridized carbons (Fsp3) is 0.217. The van der Waals surface area contributed by atoms with Crippen molar-refractivity contribution in [2.24, 2.45) is 0 Å². The summed E-state index contributed by atoms with van der Waals surface area (Å²) in [5.41, 5.74) is 8.00. The Bertz CT molecular complexity index is 884. The van der Waals surface area contributed by atoms with Crippen LogP contribution in [-0.4, -0.2) is 31.5 Å². The molecular formula is C23H22O3. The van der Waals surface area contributed by atoms with Crippen LogP contribution in [0, 0.1) is 0 Å². The summed E-state index contributed by atoms with van der Waals surface area (Å²) in [6.07, 6.45) is 0.988. The van der Waals surface area contributed by atoms with Crippen molar-refractivity contribution < 1.29 is 14.6 Å². The third-order valence-electron chi connectivity index (χ3n) is 4.75. The van der Waals surface area contributed by atoms with Gasteiger partial charge in [0.15, 0.2) is 0 Å². The Morgan fingerprint density at radius 1 is 0.731 bits per heavy atom. The fourth-order valence-electron chi connectivity index (χ4n) is 3.54. The van der Waals surface area contributed by atoms with E-state index in [2.05, 4.69) is 54.6 Å². The van der Waals surface area contributed by atoms with Gasteiger partial charge in [0.2, 0.25) is 0 Å². The average Bonchev–Trinajstić information content (AvgIpc) is 3.07. The average molecular weight is 346 g/mol. The molecule has 1 aliphatic carbocycles. The standard InChI is InChI=1S/C23H22O3/c24-12-13-25-14-15-26-19-10-8-17(9-11-19)20-6-3-7-22-21-5-2-1-4-18(21)16-23(20)22/h1-11,24H,12-16H2. The van der Waals surface area contributed by atoms with Gasteiger partial charge in [-0.05, 0) is 51.9 Å². The molecule has 0 atom stereocenters. The maximum atomic E-state index is 8.68. The van der Waals surface area contributed by atoms with E-state index in [4.69, 9.17) is 14.6 Å². The Balaban J connectivity index is 1.51. The van der Waals surface area contributed by atoms with Crippen LogP contribution in [0.5, 0.6) is 5.75 Å². The maximum absolute atomic E-state index is 8.68. The van der Waals surface area contributed by atoms with Gasteiger partial charge in [0.25, 0.3) is 0 Å². The smallest absolute Gasteiger partial charge is 0.119 e. The van der Waals surface area contributed by atoms with Gasteiger partial charge >= 0.3 is 0 Å². The largest absolute Gasteiger partial charge is 0.491 e. The lowest BCUT2D eigenvalue weighted by Gasteiger charge is -2.11. The zero-order valence-corrected chi connectivity index (χ0v) is 14.7. The Labute approximate surface area is 153 Å². The molecular weight excluding hydrogens is 324 g/mol. The molecule has 0 heterocycles. The van der Waals surface area contributed by atoms with Crippen molar-refractivity contribution in [1.82, 2.24) is 0 Å². The van der Waals surface area contributed by atoms with Crippen molar-refractivity contribution in [2.45, 2.75) is 6.42 Å². The Kier molecular flexibility index (Phi) is 5.00. The van der Waals surface area contributed by atoms with Crippen molar-refractivity contribution in [3.8, 4) is 28.0 Å². The molecule has 0 amide bonds. The molecule has 0 fully saturated rings. The molecule has 26 heavy (non-hydrogen) atoms. The first-order chi connectivity index (χ1) is 12.9. The number of hydrogen-bond acceptors (Lipinski definition) is 3. The van der Waals surface area contributed by atoms with E-state index in [1.165, 1.54) is 33.4 Å². The van der Waals surface area contributed by atoms with E-state index in [-0.39, 0.29) is 6.61 Å². The normalized spacial score (nSPS) is 11.9. The van der Waals surface area contributed by atoms with Crippen molar-refractivity contribution >= 4 is 0 Å². The molecule has 0 unspecified atom stereocenters. The van der Waals surface area contributed by atoms with Crippen molar-refractivity contribution in [2.75, 3.05) is 26.4 Å². The van der Waals surface area contributed by atoms with Gasteiger partial charge in [0.1, 0.15) is 12.4 Å². The SMILES string of the molecule is OCCOCCOc1ccc(-c2cccc3c2Cc2ccccc2-3)cc1. The van der Waals surface area contributed by atoms with E-state index in [9.17, 15) is 0 Å². The Hall–Kier alpha value is -2.62. The lowest BCUT2D eigenvalue weighted by molar-refractivity contribution is 0.0705. The van der Waals surface area contributed by atoms with Crippen LogP contribution in [0.2, 0.25) is 0 Å². The Morgan fingerprint density at radius 3 is 2.35 bits per heavy atom. The minimum Gasteiger partial charge on any atom is -0.491 e. The van der Waals surface area contributed by atoms with Gasteiger partial charge in [-0.25, -0.2) is 0 Å². The van der Waals surface area contributed by atoms with Crippen LogP contribution in [0.1, 0.15) is 11.1 Å². The molecule has 3 aromatic rings. The number of ether oxygens (including phenoxy) is 2. The molecule has 0 saturated heterocycles. The van der Waals surface area contributed by atoms with Gasteiger partial charge in [-0.2, -0.15) is 0 Å². The number of aliphatic hydroxyl groups is 1. The molecule has 0 radical (unpaired) electrons. The zero-order valence-electron chi connectivity index (χ0n) is 14.7. The summed E-state index contributed by atoms with van der Waals surface area (Å²) in [4.78, 5) is 0. The number of hydrogen-bond donors (Lipinski definition) is 1. The second kappa shape index (κ2) is 7.73. The molecule has 0 saturated carbocycles. The molecule has 0 aromatic heterocycles. The maximum Gasteiger partial charge on any atom is 0.119 e. The van der Waals surface area contributed by atoms with Crippen LogP contribution < -0.4 is 4.74 Å². The highest BCUT2D eigenvalue weighted by molar-refractivity contribution is 5.84. The summed E-state index contributed by atoms with van der Waals surface area (Å²) >= 11 is 0. The number of fused-ring (bicyclic) bond motifs is 3. The zero-order chi connectivity index (χ0) is 17.8. The first kappa shape index (κ1) is 16.8. The summed E-state index contributed by atoms with van der Waals surface area (Å²) in [5.74, 6) is 0.831.